The zero-order valence-electron chi connectivity index (χ0n) is 9.41. The molecule has 4 heteroatoms. The fraction of sp³-hybridized carbons (Fsp3) is 0.909. The molecule has 0 aromatic rings. The van der Waals surface area contributed by atoms with Gasteiger partial charge < -0.3 is 10.5 Å². The predicted octanol–water partition coefficient (Wildman–Crippen LogP) is 1.80. The van der Waals surface area contributed by atoms with Gasteiger partial charge in [-0.3, -0.25) is 4.79 Å². The van der Waals surface area contributed by atoms with Gasteiger partial charge in [0.2, 0.25) is 0 Å². The second kappa shape index (κ2) is 7.12. The van der Waals surface area contributed by atoms with Crippen LogP contribution in [0.5, 0.6) is 0 Å². The van der Waals surface area contributed by atoms with Crippen LogP contribution in [0.1, 0.15) is 32.1 Å². The van der Waals surface area contributed by atoms with E-state index < -0.39 is 6.04 Å². The van der Waals surface area contributed by atoms with Gasteiger partial charge in [0.05, 0.1) is 6.61 Å². The molecule has 1 saturated carbocycles. The van der Waals surface area contributed by atoms with Gasteiger partial charge in [0.15, 0.2) is 0 Å². The van der Waals surface area contributed by atoms with Crippen LogP contribution in [0.15, 0.2) is 0 Å². The zero-order chi connectivity index (χ0) is 11.1. The molecule has 0 aliphatic heterocycles. The lowest BCUT2D eigenvalue weighted by Crippen LogP contribution is -2.33. The van der Waals surface area contributed by atoms with Gasteiger partial charge in [0.1, 0.15) is 6.04 Å². The standard InChI is InChI=1S/C11H21NO2S/c1-15-7-6-10(12)11(13)14-8-9-4-2-3-5-9/h9-10H,2-8,12H2,1H3. The van der Waals surface area contributed by atoms with Crippen LogP contribution in [-0.2, 0) is 9.53 Å². The Morgan fingerprint density at radius 3 is 2.80 bits per heavy atom. The van der Waals surface area contributed by atoms with Gasteiger partial charge in [0, 0.05) is 0 Å². The van der Waals surface area contributed by atoms with Crippen LogP contribution in [0.3, 0.4) is 0 Å². The molecular formula is C11H21NO2S. The Kier molecular flexibility index (Phi) is 6.10. The number of hydrogen-bond donors (Lipinski definition) is 1. The van der Waals surface area contributed by atoms with E-state index in [9.17, 15) is 4.79 Å². The fourth-order valence-corrected chi connectivity index (χ4v) is 2.34. The van der Waals surface area contributed by atoms with Crippen molar-refractivity contribution in [2.75, 3.05) is 18.6 Å². The number of hydrogen-bond acceptors (Lipinski definition) is 4. The van der Waals surface area contributed by atoms with Crippen LogP contribution < -0.4 is 5.73 Å². The molecule has 88 valence electrons. The maximum Gasteiger partial charge on any atom is 0.322 e. The van der Waals surface area contributed by atoms with E-state index in [1.807, 2.05) is 6.26 Å². The lowest BCUT2D eigenvalue weighted by molar-refractivity contribution is -0.146. The largest absolute Gasteiger partial charge is 0.464 e. The molecule has 0 aromatic heterocycles. The van der Waals surface area contributed by atoms with E-state index in [1.54, 1.807) is 11.8 Å². The fourth-order valence-electron chi connectivity index (χ4n) is 1.85. The summed E-state index contributed by atoms with van der Waals surface area (Å²) in [5.41, 5.74) is 5.70. The normalized spacial score (nSPS) is 19.1. The van der Waals surface area contributed by atoms with Crippen molar-refractivity contribution in [1.29, 1.82) is 0 Å². The highest BCUT2D eigenvalue weighted by molar-refractivity contribution is 7.98. The van der Waals surface area contributed by atoms with Gasteiger partial charge in [-0.05, 0) is 37.2 Å². The monoisotopic (exact) mass is 231 g/mol. The molecule has 1 rings (SSSR count). The van der Waals surface area contributed by atoms with E-state index in [2.05, 4.69) is 0 Å². The highest BCUT2D eigenvalue weighted by Crippen LogP contribution is 2.24. The topological polar surface area (TPSA) is 52.3 Å². The molecule has 0 heterocycles. The van der Waals surface area contributed by atoms with Crippen LogP contribution in [0.25, 0.3) is 0 Å². The Balaban J connectivity index is 2.11. The van der Waals surface area contributed by atoms with Crippen molar-refractivity contribution in [3.63, 3.8) is 0 Å². The molecule has 2 N–H and O–H groups in total. The summed E-state index contributed by atoms with van der Waals surface area (Å²) in [5.74, 6) is 1.28. The molecule has 1 aliphatic rings. The summed E-state index contributed by atoms with van der Waals surface area (Å²) in [7, 11) is 0. The van der Waals surface area contributed by atoms with Crippen molar-refractivity contribution in [2.24, 2.45) is 11.7 Å². The maximum atomic E-state index is 11.4. The third-order valence-corrected chi connectivity index (χ3v) is 3.52. The number of thioether (sulfide) groups is 1. The van der Waals surface area contributed by atoms with Crippen molar-refractivity contribution in [3.8, 4) is 0 Å². The van der Waals surface area contributed by atoms with Crippen LogP contribution >= 0.6 is 11.8 Å². The molecule has 1 unspecified atom stereocenters. The number of carbonyl (C=O) groups is 1. The van der Waals surface area contributed by atoms with Gasteiger partial charge in [-0.15, -0.1) is 0 Å². The van der Waals surface area contributed by atoms with E-state index >= 15 is 0 Å². The summed E-state index contributed by atoms with van der Waals surface area (Å²) in [5, 5.41) is 0. The molecule has 0 aromatic carbocycles. The van der Waals surface area contributed by atoms with Gasteiger partial charge >= 0.3 is 5.97 Å². The molecule has 0 radical (unpaired) electrons. The average molecular weight is 231 g/mol. The molecule has 0 amide bonds. The van der Waals surface area contributed by atoms with Gasteiger partial charge in [-0.2, -0.15) is 11.8 Å². The number of ether oxygens (including phenoxy) is 1. The van der Waals surface area contributed by atoms with Crippen LogP contribution in [0.2, 0.25) is 0 Å². The summed E-state index contributed by atoms with van der Waals surface area (Å²) < 4.78 is 5.21. The Morgan fingerprint density at radius 1 is 1.53 bits per heavy atom. The van der Waals surface area contributed by atoms with Crippen molar-refractivity contribution in [2.45, 2.75) is 38.1 Å². The number of rotatable bonds is 6. The van der Waals surface area contributed by atoms with Crippen LogP contribution in [0.4, 0.5) is 0 Å². The minimum absolute atomic E-state index is 0.226. The first-order valence-electron chi connectivity index (χ1n) is 5.65. The number of carbonyl (C=O) groups excluding carboxylic acids is 1. The van der Waals surface area contributed by atoms with Crippen molar-refractivity contribution in [1.82, 2.24) is 0 Å². The molecule has 3 nitrogen and oxygen atoms in total. The molecule has 0 bridgehead atoms. The first-order chi connectivity index (χ1) is 7.24. The number of nitrogens with two attached hydrogens (primary N) is 1. The molecule has 1 fully saturated rings. The third-order valence-electron chi connectivity index (χ3n) is 2.87. The Bertz CT molecular complexity index is 193. The van der Waals surface area contributed by atoms with Crippen LogP contribution in [-0.4, -0.2) is 30.6 Å². The maximum absolute atomic E-state index is 11.4. The first-order valence-corrected chi connectivity index (χ1v) is 7.04. The molecule has 1 atom stereocenters. The van der Waals surface area contributed by atoms with E-state index in [-0.39, 0.29) is 5.97 Å². The molecule has 1 aliphatic carbocycles. The third kappa shape index (κ3) is 4.89. The second-order valence-corrected chi connectivity index (χ2v) is 5.15. The Labute approximate surface area is 96.1 Å². The van der Waals surface area contributed by atoms with Crippen molar-refractivity contribution >= 4 is 17.7 Å². The van der Waals surface area contributed by atoms with E-state index in [0.717, 1.165) is 5.75 Å². The summed E-state index contributed by atoms with van der Waals surface area (Å²) in [6.07, 6.45) is 7.68. The smallest absolute Gasteiger partial charge is 0.322 e. The minimum Gasteiger partial charge on any atom is -0.464 e. The highest BCUT2D eigenvalue weighted by atomic mass is 32.2. The Morgan fingerprint density at radius 2 is 2.20 bits per heavy atom. The number of esters is 1. The summed E-state index contributed by atoms with van der Waals surface area (Å²) in [6.45, 7) is 0.575. The van der Waals surface area contributed by atoms with E-state index in [4.69, 9.17) is 10.5 Å². The minimum atomic E-state index is -0.432. The predicted molar refractivity (Wildman–Crippen MR) is 63.9 cm³/mol. The first kappa shape index (κ1) is 12.8. The summed E-state index contributed by atoms with van der Waals surface area (Å²) >= 11 is 1.70. The van der Waals surface area contributed by atoms with Crippen molar-refractivity contribution in [3.05, 3.63) is 0 Å². The van der Waals surface area contributed by atoms with Crippen molar-refractivity contribution < 1.29 is 9.53 Å². The van der Waals surface area contributed by atoms with E-state index in [0.29, 0.717) is 18.9 Å². The average Bonchev–Trinajstić information content (AvgIpc) is 2.75. The second-order valence-electron chi connectivity index (χ2n) is 4.17. The van der Waals surface area contributed by atoms with Crippen LogP contribution in [0, 0.1) is 5.92 Å². The quantitative estimate of drug-likeness (QED) is 0.708. The lowest BCUT2D eigenvalue weighted by Gasteiger charge is -2.13. The van der Waals surface area contributed by atoms with Gasteiger partial charge in [0.25, 0.3) is 0 Å². The SMILES string of the molecule is CSCCC(N)C(=O)OCC1CCCC1. The molecule has 0 saturated heterocycles. The molecule has 15 heavy (non-hydrogen) atoms. The Hall–Kier alpha value is -0.220. The molecule has 0 spiro atoms. The molecular weight excluding hydrogens is 210 g/mol. The van der Waals surface area contributed by atoms with Gasteiger partial charge in [-0.25, -0.2) is 0 Å². The highest BCUT2D eigenvalue weighted by Gasteiger charge is 2.19. The van der Waals surface area contributed by atoms with Gasteiger partial charge in [-0.1, -0.05) is 12.8 Å². The van der Waals surface area contributed by atoms with E-state index in [1.165, 1.54) is 25.7 Å². The zero-order valence-corrected chi connectivity index (χ0v) is 10.2. The summed E-state index contributed by atoms with van der Waals surface area (Å²) in [6, 6.07) is -0.432. The summed E-state index contributed by atoms with van der Waals surface area (Å²) in [4.78, 5) is 11.4. The lowest BCUT2D eigenvalue weighted by atomic mass is 10.1.